The molecule has 1 aromatic heterocycles. The standard InChI is InChI=1S/C16H26N2O/c1-4-11-19-15-7-6-10-17-16(15)18-14-9-8-13(5-2)12(14)3/h6-7,10,12-14H,4-5,8-9,11H2,1-3H3,(H,17,18). The van der Waals surface area contributed by atoms with Crippen LogP contribution in [0.2, 0.25) is 0 Å². The van der Waals surface area contributed by atoms with Crippen LogP contribution < -0.4 is 10.1 Å². The minimum atomic E-state index is 0.531. The van der Waals surface area contributed by atoms with Gasteiger partial charge in [-0.3, -0.25) is 0 Å². The van der Waals surface area contributed by atoms with Crippen LogP contribution in [0.4, 0.5) is 5.82 Å². The molecule has 1 fully saturated rings. The van der Waals surface area contributed by atoms with Gasteiger partial charge in [-0.15, -0.1) is 0 Å². The fourth-order valence-corrected chi connectivity index (χ4v) is 3.03. The van der Waals surface area contributed by atoms with Gasteiger partial charge in [-0.2, -0.15) is 0 Å². The Morgan fingerprint density at radius 2 is 2.21 bits per heavy atom. The van der Waals surface area contributed by atoms with E-state index in [1.807, 2.05) is 18.3 Å². The Kier molecular flexibility index (Phi) is 5.06. The van der Waals surface area contributed by atoms with Crippen LogP contribution in [0.3, 0.4) is 0 Å². The zero-order valence-electron chi connectivity index (χ0n) is 12.4. The van der Waals surface area contributed by atoms with Crippen molar-refractivity contribution in [2.24, 2.45) is 11.8 Å². The molecule has 3 atom stereocenters. The van der Waals surface area contributed by atoms with Crippen LogP contribution in [0.1, 0.15) is 46.5 Å². The number of pyridine rings is 1. The molecular formula is C16H26N2O. The SMILES string of the molecule is CCCOc1cccnc1NC1CCC(CC)C1C. The Balaban J connectivity index is 2.02. The van der Waals surface area contributed by atoms with E-state index in [1.54, 1.807) is 0 Å². The topological polar surface area (TPSA) is 34.1 Å². The van der Waals surface area contributed by atoms with Crippen molar-refractivity contribution in [1.82, 2.24) is 4.98 Å². The normalized spacial score (nSPS) is 26.4. The van der Waals surface area contributed by atoms with E-state index in [0.29, 0.717) is 12.0 Å². The van der Waals surface area contributed by atoms with Gasteiger partial charge in [0.2, 0.25) is 0 Å². The minimum Gasteiger partial charge on any atom is -0.490 e. The van der Waals surface area contributed by atoms with Crippen molar-refractivity contribution in [3.05, 3.63) is 18.3 Å². The second-order valence-corrected chi connectivity index (χ2v) is 5.55. The van der Waals surface area contributed by atoms with Gasteiger partial charge >= 0.3 is 0 Å². The first-order valence-electron chi connectivity index (χ1n) is 7.60. The Morgan fingerprint density at radius 1 is 1.37 bits per heavy atom. The second-order valence-electron chi connectivity index (χ2n) is 5.55. The predicted octanol–water partition coefficient (Wildman–Crippen LogP) is 4.11. The van der Waals surface area contributed by atoms with Crippen molar-refractivity contribution in [2.45, 2.75) is 52.5 Å². The molecule has 0 radical (unpaired) electrons. The van der Waals surface area contributed by atoms with Gasteiger partial charge in [-0.05, 0) is 43.2 Å². The van der Waals surface area contributed by atoms with E-state index in [9.17, 15) is 0 Å². The zero-order valence-corrected chi connectivity index (χ0v) is 12.4. The maximum Gasteiger partial charge on any atom is 0.168 e. The number of nitrogens with zero attached hydrogens (tertiary/aromatic N) is 1. The van der Waals surface area contributed by atoms with Gasteiger partial charge < -0.3 is 10.1 Å². The third-order valence-electron chi connectivity index (χ3n) is 4.31. The zero-order chi connectivity index (χ0) is 13.7. The van der Waals surface area contributed by atoms with Crippen LogP contribution in [0.15, 0.2) is 18.3 Å². The van der Waals surface area contributed by atoms with Crippen LogP contribution in [0.25, 0.3) is 0 Å². The molecule has 0 amide bonds. The summed E-state index contributed by atoms with van der Waals surface area (Å²) in [5, 5.41) is 3.60. The Hall–Kier alpha value is -1.25. The number of ether oxygens (including phenoxy) is 1. The van der Waals surface area contributed by atoms with E-state index in [4.69, 9.17) is 4.74 Å². The fourth-order valence-electron chi connectivity index (χ4n) is 3.03. The average molecular weight is 262 g/mol. The van der Waals surface area contributed by atoms with Gasteiger partial charge in [-0.1, -0.05) is 27.2 Å². The third kappa shape index (κ3) is 3.40. The average Bonchev–Trinajstić information content (AvgIpc) is 2.79. The Morgan fingerprint density at radius 3 is 2.89 bits per heavy atom. The number of hydrogen-bond acceptors (Lipinski definition) is 3. The van der Waals surface area contributed by atoms with Gasteiger partial charge in [0.1, 0.15) is 0 Å². The Labute approximate surface area is 116 Å². The summed E-state index contributed by atoms with van der Waals surface area (Å²) in [6.07, 6.45) is 6.70. The second kappa shape index (κ2) is 6.78. The summed E-state index contributed by atoms with van der Waals surface area (Å²) >= 11 is 0. The lowest BCUT2D eigenvalue weighted by Crippen LogP contribution is -2.25. The first-order valence-corrected chi connectivity index (χ1v) is 7.60. The molecule has 1 aromatic rings. The minimum absolute atomic E-state index is 0.531. The highest BCUT2D eigenvalue weighted by molar-refractivity contribution is 5.50. The highest BCUT2D eigenvalue weighted by atomic mass is 16.5. The van der Waals surface area contributed by atoms with Crippen LogP contribution in [0, 0.1) is 11.8 Å². The molecule has 3 nitrogen and oxygen atoms in total. The van der Waals surface area contributed by atoms with Crippen LogP contribution in [-0.4, -0.2) is 17.6 Å². The highest BCUT2D eigenvalue weighted by Crippen LogP contribution is 2.36. The molecule has 2 rings (SSSR count). The molecule has 1 aliphatic carbocycles. The summed E-state index contributed by atoms with van der Waals surface area (Å²) in [5.74, 6) is 3.35. The molecule has 1 heterocycles. The van der Waals surface area contributed by atoms with Crippen molar-refractivity contribution < 1.29 is 4.74 Å². The summed E-state index contributed by atoms with van der Waals surface area (Å²) in [6, 6.07) is 4.47. The lowest BCUT2D eigenvalue weighted by Gasteiger charge is -2.22. The van der Waals surface area contributed by atoms with Gasteiger partial charge in [0, 0.05) is 12.2 Å². The highest BCUT2D eigenvalue weighted by Gasteiger charge is 2.32. The molecule has 1 N–H and O–H groups in total. The van der Waals surface area contributed by atoms with Crippen LogP contribution in [0.5, 0.6) is 5.75 Å². The van der Waals surface area contributed by atoms with E-state index in [1.165, 1.54) is 19.3 Å². The van der Waals surface area contributed by atoms with E-state index < -0.39 is 0 Å². The van der Waals surface area contributed by atoms with Crippen LogP contribution in [-0.2, 0) is 0 Å². The lowest BCUT2D eigenvalue weighted by molar-refractivity contribution is 0.317. The quantitative estimate of drug-likeness (QED) is 0.838. The molecule has 3 unspecified atom stereocenters. The molecule has 3 heteroatoms. The van der Waals surface area contributed by atoms with Gasteiger partial charge in [0.15, 0.2) is 11.6 Å². The molecule has 1 aliphatic rings. The summed E-state index contributed by atoms with van der Waals surface area (Å²) < 4.78 is 5.76. The van der Waals surface area contributed by atoms with Gasteiger partial charge in [0.05, 0.1) is 6.61 Å². The third-order valence-corrected chi connectivity index (χ3v) is 4.31. The Bertz CT molecular complexity index is 394. The maximum absolute atomic E-state index is 5.76. The lowest BCUT2D eigenvalue weighted by atomic mass is 9.93. The van der Waals surface area contributed by atoms with E-state index >= 15 is 0 Å². The number of hydrogen-bond donors (Lipinski definition) is 1. The molecule has 0 aliphatic heterocycles. The predicted molar refractivity (Wildman–Crippen MR) is 79.6 cm³/mol. The van der Waals surface area contributed by atoms with Crippen LogP contribution >= 0.6 is 0 Å². The number of aromatic nitrogens is 1. The molecule has 1 saturated carbocycles. The van der Waals surface area contributed by atoms with Gasteiger partial charge in [0.25, 0.3) is 0 Å². The van der Waals surface area contributed by atoms with Crippen molar-refractivity contribution in [2.75, 3.05) is 11.9 Å². The molecule has 0 bridgehead atoms. The first kappa shape index (κ1) is 14.2. The monoisotopic (exact) mass is 262 g/mol. The molecular weight excluding hydrogens is 236 g/mol. The van der Waals surface area contributed by atoms with Crippen molar-refractivity contribution >= 4 is 5.82 Å². The molecule has 106 valence electrons. The van der Waals surface area contributed by atoms with Crippen molar-refractivity contribution in [1.29, 1.82) is 0 Å². The summed E-state index contributed by atoms with van der Waals surface area (Å²) in [6.45, 7) is 7.51. The number of nitrogens with one attached hydrogen (secondary N) is 1. The van der Waals surface area contributed by atoms with Crippen molar-refractivity contribution in [3.63, 3.8) is 0 Å². The number of rotatable bonds is 6. The largest absolute Gasteiger partial charge is 0.490 e. The van der Waals surface area contributed by atoms with Gasteiger partial charge in [-0.25, -0.2) is 4.98 Å². The molecule has 0 aromatic carbocycles. The maximum atomic E-state index is 5.76. The summed E-state index contributed by atoms with van der Waals surface area (Å²) in [7, 11) is 0. The van der Waals surface area contributed by atoms with E-state index in [2.05, 4.69) is 31.1 Å². The number of anilines is 1. The first-order chi connectivity index (χ1) is 9.26. The smallest absolute Gasteiger partial charge is 0.168 e. The molecule has 0 saturated heterocycles. The summed E-state index contributed by atoms with van der Waals surface area (Å²) in [4.78, 5) is 4.44. The fraction of sp³-hybridized carbons (Fsp3) is 0.688. The summed E-state index contributed by atoms with van der Waals surface area (Å²) in [5.41, 5.74) is 0. The van der Waals surface area contributed by atoms with Crippen molar-refractivity contribution in [3.8, 4) is 5.75 Å². The van der Waals surface area contributed by atoms with E-state index in [-0.39, 0.29) is 0 Å². The van der Waals surface area contributed by atoms with E-state index in [0.717, 1.165) is 30.5 Å². The molecule has 19 heavy (non-hydrogen) atoms. The molecule has 0 spiro atoms.